The Labute approximate surface area is 194 Å². The molecular weight excluding hydrogens is 422 g/mol. The lowest BCUT2D eigenvalue weighted by Crippen LogP contribution is -2.38. The number of carbonyl (C=O) groups is 1. The van der Waals surface area contributed by atoms with Gasteiger partial charge in [0, 0.05) is 34.5 Å². The smallest absolute Gasteiger partial charge is 0.227 e. The molecule has 5 nitrogen and oxygen atoms in total. The highest BCUT2D eigenvalue weighted by Gasteiger charge is 2.24. The van der Waals surface area contributed by atoms with Gasteiger partial charge in [0.25, 0.3) is 0 Å². The van der Waals surface area contributed by atoms with E-state index >= 15 is 0 Å². The van der Waals surface area contributed by atoms with Crippen LogP contribution in [0.25, 0.3) is 5.57 Å². The zero-order chi connectivity index (χ0) is 22.5. The van der Waals surface area contributed by atoms with Crippen molar-refractivity contribution in [1.29, 1.82) is 0 Å². The highest BCUT2D eigenvalue weighted by molar-refractivity contribution is 6.30. The fourth-order valence-electron chi connectivity index (χ4n) is 4.65. The minimum absolute atomic E-state index is 0.0990. The maximum absolute atomic E-state index is 12.8. The molecule has 1 saturated heterocycles. The van der Waals surface area contributed by atoms with Crippen LogP contribution in [0.5, 0.6) is 0 Å². The van der Waals surface area contributed by atoms with Gasteiger partial charge in [0.15, 0.2) is 0 Å². The number of likely N-dealkylation sites (tertiary alicyclic amines) is 1. The molecule has 0 unspecified atom stereocenters. The molecule has 4 rings (SSSR count). The Hall–Kier alpha value is -3.05. The number of fused-ring (bicyclic) bond motifs is 1. The molecule has 1 aliphatic heterocycles. The number of piperidine rings is 1. The SMILES string of the molecule is N/C=C\C=C1\CCc2cc(Cl)ccc2C(=C2CCN(C(=O)Cc3ccc[n+](O)c3)CC2)C1. The summed E-state index contributed by atoms with van der Waals surface area (Å²) in [5.74, 6) is 0.0990. The van der Waals surface area contributed by atoms with Gasteiger partial charge < -0.3 is 10.6 Å². The van der Waals surface area contributed by atoms with Gasteiger partial charge in [-0.15, -0.1) is 0 Å². The van der Waals surface area contributed by atoms with Crippen LogP contribution in [0.2, 0.25) is 5.02 Å². The van der Waals surface area contributed by atoms with Crippen molar-refractivity contribution in [3.63, 3.8) is 0 Å². The normalized spacial score (nSPS) is 18.2. The molecule has 0 saturated carbocycles. The van der Waals surface area contributed by atoms with Crippen LogP contribution in [0, 0.1) is 0 Å². The first-order valence-corrected chi connectivity index (χ1v) is 11.4. The number of carbonyl (C=O) groups excluding carboxylic acids is 1. The van der Waals surface area contributed by atoms with Crippen LogP contribution in [-0.4, -0.2) is 29.1 Å². The zero-order valence-corrected chi connectivity index (χ0v) is 18.9. The third-order valence-electron chi connectivity index (χ3n) is 6.30. The predicted molar refractivity (Wildman–Crippen MR) is 126 cm³/mol. The van der Waals surface area contributed by atoms with E-state index in [0.717, 1.165) is 47.4 Å². The average Bonchev–Trinajstić information content (AvgIpc) is 2.97. The molecule has 2 aliphatic rings. The summed E-state index contributed by atoms with van der Waals surface area (Å²) < 4.78 is 0.988. The lowest BCUT2D eigenvalue weighted by atomic mass is 9.88. The molecule has 1 aromatic carbocycles. The standard InChI is InChI=1S/C26H29ClN3O2/c27-23-7-8-24-22(17-23)6-5-19(3-1-11-28)15-25(24)21-9-13-29(14-10-21)26(31)16-20-4-2-12-30(32)18-20/h1-4,7-8,11-12,17-18,32H,5-6,9-10,13-16,28H2/q+1/b11-1-,19-3-. The van der Waals surface area contributed by atoms with Gasteiger partial charge in [0.05, 0.1) is 6.42 Å². The number of nitrogens with zero attached hydrogens (tertiary/aromatic N) is 2. The fourth-order valence-corrected chi connectivity index (χ4v) is 4.84. The van der Waals surface area contributed by atoms with Gasteiger partial charge in [-0.05, 0) is 79.3 Å². The first kappa shape index (κ1) is 22.2. The van der Waals surface area contributed by atoms with Crippen molar-refractivity contribution in [2.45, 2.75) is 38.5 Å². The molecule has 0 bridgehead atoms. The number of pyridine rings is 1. The van der Waals surface area contributed by atoms with Crippen molar-refractivity contribution in [1.82, 2.24) is 4.90 Å². The van der Waals surface area contributed by atoms with Gasteiger partial charge in [0.1, 0.15) is 0 Å². The van der Waals surface area contributed by atoms with Crippen molar-refractivity contribution in [2.75, 3.05) is 13.1 Å². The van der Waals surface area contributed by atoms with Gasteiger partial charge in [-0.25, -0.2) is 0 Å². The third-order valence-corrected chi connectivity index (χ3v) is 6.54. The van der Waals surface area contributed by atoms with Crippen molar-refractivity contribution < 1.29 is 14.7 Å². The largest absolute Gasteiger partial charge is 0.405 e. The summed E-state index contributed by atoms with van der Waals surface area (Å²) >= 11 is 6.29. The van der Waals surface area contributed by atoms with E-state index in [9.17, 15) is 10.0 Å². The number of aromatic nitrogens is 1. The first-order valence-electron chi connectivity index (χ1n) is 11.1. The molecule has 3 N–H and O–H groups in total. The van der Waals surface area contributed by atoms with Gasteiger partial charge >= 0.3 is 0 Å². The average molecular weight is 451 g/mol. The van der Waals surface area contributed by atoms with E-state index < -0.39 is 0 Å². The second-order valence-electron chi connectivity index (χ2n) is 8.42. The summed E-state index contributed by atoms with van der Waals surface area (Å²) in [6.07, 6.45) is 13.6. The molecular formula is C26H29ClN3O2+. The fraction of sp³-hybridized carbons (Fsp3) is 0.308. The highest BCUT2D eigenvalue weighted by atomic mass is 35.5. The van der Waals surface area contributed by atoms with Gasteiger partial charge in [-0.1, -0.05) is 34.9 Å². The molecule has 1 amide bonds. The summed E-state index contributed by atoms with van der Waals surface area (Å²) in [6, 6.07) is 9.81. The Morgan fingerprint density at radius 3 is 2.75 bits per heavy atom. The number of nitrogens with two attached hydrogens (primary N) is 1. The van der Waals surface area contributed by atoms with Crippen LogP contribution < -0.4 is 10.5 Å². The second kappa shape index (κ2) is 10.0. The molecule has 166 valence electrons. The van der Waals surface area contributed by atoms with E-state index in [-0.39, 0.29) is 5.91 Å². The molecule has 1 aliphatic carbocycles. The second-order valence-corrected chi connectivity index (χ2v) is 8.86. The summed E-state index contributed by atoms with van der Waals surface area (Å²) in [5, 5.41) is 10.3. The van der Waals surface area contributed by atoms with Crippen molar-refractivity contribution in [3.05, 3.63) is 93.9 Å². The monoisotopic (exact) mass is 450 g/mol. The minimum Gasteiger partial charge on any atom is -0.405 e. The molecule has 2 aromatic rings. The Bertz CT molecular complexity index is 1090. The van der Waals surface area contributed by atoms with Crippen LogP contribution in [0.15, 0.2) is 72.2 Å². The van der Waals surface area contributed by atoms with E-state index in [4.69, 9.17) is 17.3 Å². The van der Waals surface area contributed by atoms with E-state index in [2.05, 4.69) is 18.2 Å². The number of halogens is 1. The Balaban J connectivity index is 1.54. The number of allylic oxidation sites excluding steroid dienone is 4. The number of hydrogen-bond acceptors (Lipinski definition) is 3. The number of hydrogen-bond donors (Lipinski definition) is 2. The minimum atomic E-state index is 0.0990. The molecule has 0 atom stereocenters. The number of aryl methyl sites for hydroxylation is 1. The van der Waals surface area contributed by atoms with Crippen LogP contribution in [0.1, 0.15) is 42.4 Å². The third kappa shape index (κ3) is 5.22. The first-order chi connectivity index (χ1) is 15.5. The number of amides is 1. The molecule has 1 fully saturated rings. The molecule has 0 spiro atoms. The van der Waals surface area contributed by atoms with Crippen molar-refractivity contribution >= 4 is 23.1 Å². The maximum Gasteiger partial charge on any atom is 0.227 e. The van der Waals surface area contributed by atoms with Crippen LogP contribution >= 0.6 is 11.6 Å². The molecule has 32 heavy (non-hydrogen) atoms. The Morgan fingerprint density at radius 2 is 2.00 bits per heavy atom. The lowest BCUT2D eigenvalue weighted by Gasteiger charge is -2.30. The Morgan fingerprint density at radius 1 is 1.19 bits per heavy atom. The van der Waals surface area contributed by atoms with Gasteiger partial charge in [0.2, 0.25) is 18.3 Å². The molecule has 6 heteroatoms. The lowest BCUT2D eigenvalue weighted by molar-refractivity contribution is -0.905. The number of rotatable bonds is 3. The zero-order valence-electron chi connectivity index (χ0n) is 18.1. The maximum atomic E-state index is 12.8. The molecule has 2 heterocycles. The van der Waals surface area contributed by atoms with E-state index in [0.29, 0.717) is 19.5 Å². The predicted octanol–water partition coefficient (Wildman–Crippen LogP) is 4.22. The van der Waals surface area contributed by atoms with Crippen LogP contribution in [0.4, 0.5) is 0 Å². The quantitative estimate of drug-likeness (QED) is 0.418. The van der Waals surface area contributed by atoms with Crippen molar-refractivity contribution in [2.24, 2.45) is 5.73 Å². The van der Waals surface area contributed by atoms with E-state index in [1.807, 2.05) is 23.1 Å². The van der Waals surface area contributed by atoms with Gasteiger partial charge in [-0.3, -0.25) is 10.0 Å². The topological polar surface area (TPSA) is 70.4 Å². The summed E-state index contributed by atoms with van der Waals surface area (Å²) in [5.41, 5.74) is 13.1. The molecule has 1 aromatic heterocycles. The Kier molecular flexibility index (Phi) is 6.96. The van der Waals surface area contributed by atoms with Crippen molar-refractivity contribution in [3.8, 4) is 0 Å². The van der Waals surface area contributed by atoms with Gasteiger partial charge in [-0.2, -0.15) is 0 Å². The van der Waals surface area contributed by atoms with E-state index in [1.165, 1.54) is 34.0 Å². The molecule has 0 radical (unpaired) electrons. The van der Waals surface area contributed by atoms with E-state index in [1.54, 1.807) is 18.5 Å². The number of benzene rings is 1. The summed E-state index contributed by atoms with van der Waals surface area (Å²) in [4.78, 5) is 14.7. The highest BCUT2D eigenvalue weighted by Crippen LogP contribution is 2.38. The van der Waals surface area contributed by atoms with Crippen LogP contribution in [0.3, 0.4) is 0 Å². The van der Waals surface area contributed by atoms with Crippen LogP contribution in [-0.2, 0) is 17.6 Å². The summed E-state index contributed by atoms with van der Waals surface area (Å²) in [6.45, 7) is 1.43. The summed E-state index contributed by atoms with van der Waals surface area (Å²) in [7, 11) is 0.